The summed E-state index contributed by atoms with van der Waals surface area (Å²) in [5, 5.41) is 9.63. The molecular formula is C22H22N4O2S. The third-order valence-corrected chi connectivity index (χ3v) is 7.32. The van der Waals surface area contributed by atoms with E-state index in [1.165, 1.54) is 0 Å². The van der Waals surface area contributed by atoms with Crippen LogP contribution >= 0.6 is 0 Å². The second-order valence-corrected chi connectivity index (χ2v) is 9.09. The van der Waals surface area contributed by atoms with E-state index >= 15 is 0 Å². The average Bonchev–Trinajstić information content (AvgIpc) is 3.01. The lowest BCUT2D eigenvalue weighted by atomic mass is 10.1. The summed E-state index contributed by atoms with van der Waals surface area (Å²) in [6.45, 7) is 4.21. The highest BCUT2D eigenvalue weighted by atomic mass is 32.2. The van der Waals surface area contributed by atoms with Crippen molar-refractivity contribution in [2.45, 2.75) is 18.2 Å². The molecule has 0 amide bonds. The maximum absolute atomic E-state index is 13.4. The zero-order chi connectivity index (χ0) is 20.4. The summed E-state index contributed by atoms with van der Waals surface area (Å²) in [5.74, 6) is 0. The van der Waals surface area contributed by atoms with E-state index in [1.807, 2.05) is 31.2 Å². The summed E-state index contributed by atoms with van der Waals surface area (Å²) in [4.78, 5) is 6.86. The van der Waals surface area contributed by atoms with Crippen LogP contribution in [0.5, 0.6) is 0 Å². The van der Waals surface area contributed by atoms with E-state index in [2.05, 4.69) is 16.0 Å². The number of hydrogen-bond acceptors (Lipinski definition) is 5. The van der Waals surface area contributed by atoms with Crippen LogP contribution < -0.4 is 4.90 Å². The van der Waals surface area contributed by atoms with Crippen molar-refractivity contribution in [3.63, 3.8) is 0 Å². The second kappa shape index (κ2) is 7.82. The molecule has 0 spiro atoms. The van der Waals surface area contributed by atoms with Crippen molar-refractivity contribution < 1.29 is 8.42 Å². The summed E-state index contributed by atoms with van der Waals surface area (Å²) in [7, 11) is -3.62. The van der Waals surface area contributed by atoms with E-state index < -0.39 is 10.0 Å². The van der Waals surface area contributed by atoms with Crippen LogP contribution in [0, 0.1) is 18.3 Å². The van der Waals surface area contributed by atoms with Crippen LogP contribution in [0.1, 0.15) is 17.5 Å². The lowest BCUT2D eigenvalue weighted by Gasteiger charge is -2.24. The van der Waals surface area contributed by atoms with Gasteiger partial charge in [-0.05, 0) is 61.4 Å². The Bertz CT molecular complexity index is 1180. The van der Waals surface area contributed by atoms with Crippen LogP contribution in [0.3, 0.4) is 0 Å². The first-order valence-electron chi connectivity index (χ1n) is 9.60. The molecule has 1 aromatic heterocycles. The van der Waals surface area contributed by atoms with E-state index in [4.69, 9.17) is 5.26 Å². The van der Waals surface area contributed by atoms with Gasteiger partial charge in [0.25, 0.3) is 0 Å². The molecule has 0 atom stereocenters. The van der Waals surface area contributed by atoms with Crippen molar-refractivity contribution in [2.75, 3.05) is 31.1 Å². The number of aryl methyl sites for hydroxylation is 1. The Morgan fingerprint density at radius 2 is 1.79 bits per heavy atom. The van der Waals surface area contributed by atoms with Crippen molar-refractivity contribution in [1.29, 1.82) is 5.26 Å². The van der Waals surface area contributed by atoms with Gasteiger partial charge in [0, 0.05) is 43.4 Å². The lowest BCUT2D eigenvalue weighted by Crippen LogP contribution is -2.35. The molecule has 1 fully saturated rings. The molecular weight excluding hydrogens is 384 g/mol. The van der Waals surface area contributed by atoms with Crippen molar-refractivity contribution in [2.24, 2.45) is 0 Å². The normalized spacial score (nSPS) is 15.8. The number of anilines is 1. The first-order chi connectivity index (χ1) is 14.0. The number of rotatable bonds is 3. The topological polar surface area (TPSA) is 77.3 Å². The van der Waals surface area contributed by atoms with Gasteiger partial charge >= 0.3 is 0 Å². The predicted octanol–water partition coefficient (Wildman–Crippen LogP) is 3.32. The molecule has 0 bridgehead atoms. The highest BCUT2D eigenvalue weighted by Crippen LogP contribution is 2.28. The van der Waals surface area contributed by atoms with E-state index in [1.54, 1.807) is 34.8 Å². The third-order valence-electron chi connectivity index (χ3n) is 5.37. The van der Waals surface area contributed by atoms with Crippen LogP contribution in [-0.4, -0.2) is 43.9 Å². The van der Waals surface area contributed by atoms with Crippen molar-refractivity contribution in [1.82, 2.24) is 9.29 Å². The largest absolute Gasteiger partial charge is 0.370 e. The summed E-state index contributed by atoms with van der Waals surface area (Å²) in [6.07, 6.45) is 2.43. The summed E-state index contributed by atoms with van der Waals surface area (Å²) < 4.78 is 28.4. The lowest BCUT2D eigenvalue weighted by molar-refractivity contribution is 0.433. The Morgan fingerprint density at radius 3 is 2.55 bits per heavy atom. The molecule has 1 aliphatic heterocycles. The van der Waals surface area contributed by atoms with Crippen LogP contribution in [0.4, 0.5) is 5.69 Å². The minimum Gasteiger partial charge on any atom is -0.370 e. The van der Waals surface area contributed by atoms with Gasteiger partial charge in [0.05, 0.1) is 22.0 Å². The van der Waals surface area contributed by atoms with Crippen LogP contribution in [0.15, 0.2) is 59.6 Å². The van der Waals surface area contributed by atoms with Crippen LogP contribution in [0.2, 0.25) is 0 Å². The Hall–Kier alpha value is -2.95. The van der Waals surface area contributed by atoms with Gasteiger partial charge in [-0.2, -0.15) is 9.57 Å². The number of nitrogens with zero attached hydrogens (tertiary/aromatic N) is 4. The van der Waals surface area contributed by atoms with Gasteiger partial charge in [-0.1, -0.05) is 6.07 Å². The van der Waals surface area contributed by atoms with Gasteiger partial charge in [-0.3, -0.25) is 4.98 Å². The fourth-order valence-electron chi connectivity index (χ4n) is 3.79. The zero-order valence-corrected chi connectivity index (χ0v) is 17.1. The maximum atomic E-state index is 13.4. The number of aromatic nitrogens is 1. The molecule has 29 heavy (non-hydrogen) atoms. The van der Waals surface area contributed by atoms with Crippen LogP contribution in [-0.2, 0) is 10.0 Å². The minimum atomic E-state index is -3.62. The molecule has 7 heteroatoms. The number of sulfonamides is 1. The van der Waals surface area contributed by atoms with Crippen molar-refractivity contribution in [3.8, 4) is 6.07 Å². The van der Waals surface area contributed by atoms with Gasteiger partial charge in [-0.15, -0.1) is 0 Å². The molecule has 6 nitrogen and oxygen atoms in total. The zero-order valence-electron chi connectivity index (χ0n) is 16.2. The smallest absolute Gasteiger partial charge is 0.243 e. The van der Waals surface area contributed by atoms with E-state index in [9.17, 15) is 8.42 Å². The Labute approximate surface area is 171 Å². The second-order valence-electron chi connectivity index (χ2n) is 7.18. The summed E-state index contributed by atoms with van der Waals surface area (Å²) in [6, 6.07) is 16.7. The number of nitriles is 1. The summed E-state index contributed by atoms with van der Waals surface area (Å²) >= 11 is 0. The van der Waals surface area contributed by atoms with E-state index in [0.29, 0.717) is 35.5 Å². The highest BCUT2D eigenvalue weighted by molar-refractivity contribution is 7.89. The molecule has 0 N–H and O–H groups in total. The molecule has 2 aromatic carbocycles. The Morgan fingerprint density at radius 1 is 1.00 bits per heavy atom. The quantitative estimate of drug-likeness (QED) is 0.667. The number of pyridine rings is 1. The molecule has 0 saturated carbocycles. The van der Waals surface area contributed by atoms with E-state index in [0.717, 1.165) is 29.7 Å². The fourth-order valence-corrected chi connectivity index (χ4v) is 5.44. The van der Waals surface area contributed by atoms with E-state index in [-0.39, 0.29) is 0 Å². The van der Waals surface area contributed by atoms with Crippen molar-refractivity contribution >= 4 is 26.6 Å². The molecule has 0 unspecified atom stereocenters. The Kier molecular flexibility index (Phi) is 5.22. The minimum absolute atomic E-state index is 0.318. The van der Waals surface area contributed by atoms with Gasteiger partial charge in [0.15, 0.2) is 0 Å². The fraction of sp³-hybridized carbons (Fsp3) is 0.273. The maximum Gasteiger partial charge on any atom is 0.243 e. The van der Waals surface area contributed by atoms with Gasteiger partial charge in [0.2, 0.25) is 10.0 Å². The third kappa shape index (κ3) is 3.69. The molecule has 1 saturated heterocycles. The molecule has 2 heterocycles. The first-order valence-corrected chi connectivity index (χ1v) is 11.0. The number of benzene rings is 2. The number of hydrogen-bond donors (Lipinski definition) is 0. The molecule has 148 valence electrons. The SMILES string of the molecule is Cc1ccc(S(=O)(=O)N2CCCN(c3ccc(C#N)cc3)CC2)c2cccnc12. The predicted molar refractivity (Wildman–Crippen MR) is 113 cm³/mol. The average molecular weight is 407 g/mol. The van der Waals surface area contributed by atoms with Gasteiger partial charge in [0.1, 0.15) is 0 Å². The molecule has 3 aromatic rings. The van der Waals surface area contributed by atoms with Crippen molar-refractivity contribution in [3.05, 3.63) is 65.9 Å². The standard InChI is InChI=1S/C22H22N4O2S/c1-17-5-10-21(20-4-2-11-24-22(17)20)29(27,28)26-13-3-12-25(14-15-26)19-8-6-18(16-23)7-9-19/h2,4-11H,3,12-15H2,1H3. The molecule has 0 aliphatic carbocycles. The van der Waals surface area contributed by atoms with Gasteiger partial charge < -0.3 is 4.90 Å². The van der Waals surface area contributed by atoms with Crippen LogP contribution in [0.25, 0.3) is 10.9 Å². The van der Waals surface area contributed by atoms with Gasteiger partial charge in [-0.25, -0.2) is 8.42 Å². The summed E-state index contributed by atoms with van der Waals surface area (Å²) in [5.41, 5.74) is 3.31. The first kappa shape index (κ1) is 19.4. The Balaban J connectivity index is 1.60. The molecule has 0 radical (unpaired) electrons. The molecule has 1 aliphatic rings. The monoisotopic (exact) mass is 406 g/mol. The molecule has 4 rings (SSSR count). The number of fused-ring (bicyclic) bond motifs is 1. The highest BCUT2D eigenvalue weighted by Gasteiger charge is 2.28.